The molecule has 0 radical (unpaired) electrons. The first-order valence-electron chi connectivity index (χ1n) is 6.76. The van der Waals surface area contributed by atoms with Crippen LogP contribution in [0, 0.1) is 0 Å². The largest absolute Gasteiger partial charge is 0.349 e. The Morgan fingerprint density at radius 2 is 1.87 bits per heavy atom. The Kier molecular flexibility index (Phi) is 4.85. The van der Waals surface area contributed by atoms with Crippen LogP contribution in [0.4, 0.5) is 17.5 Å². The van der Waals surface area contributed by atoms with E-state index >= 15 is 0 Å². The second-order valence-electron chi connectivity index (χ2n) is 4.60. The van der Waals surface area contributed by atoms with E-state index in [-0.39, 0.29) is 0 Å². The van der Waals surface area contributed by atoms with Crippen LogP contribution < -0.4 is 10.6 Å². The number of hydrogen-bond donors (Lipinski definition) is 2. The molecule has 0 unspecified atom stereocenters. The first-order valence-corrected chi connectivity index (χ1v) is 7.51. The van der Waals surface area contributed by atoms with Gasteiger partial charge in [0, 0.05) is 18.9 Å². The molecule has 0 bridgehead atoms. The van der Waals surface area contributed by atoms with Crippen molar-refractivity contribution < 1.29 is 0 Å². The van der Waals surface area contributed by atoms with Crippen LogP contribution in [0.25, 0.3) is 0 Å². The van der Waals surface area contributed by atoms with Crippen molar-refractivity contribution in [3.05, 3.63) is 64.5 Å². The van der Waals surface area contributed by atoms with E-state index in [2.05, 4.69) is 30.8 Å². The average molecular weight is 347 g/mol. The summed E-state index contributed by atoms with van der Waals surface area (Å²) >= 11 is 12.1. The Morgan fingerprint density at radius 1 is 1.04 bits per heavy atom. The van der Waals surface area contributed by atoms with Gasteiger partial charge in [-0.15, -0.1) is 5.10 Å². The molecule has 0 spiro atoms. The number of aromatic nitrogens is 4. The zero-order valence-corrected chi connectivity index (χ0v) is 13.4. The molecule has 0 aliphatic carbocycles. The van der Waals surface area contributed by atoms with Gasteiger partial charge in [-0.2, -0.15) is 10.1 Å². The minimum absolute atomic E-state index is 0.407. The van der Waals surface area contributed by atoms with E-state index in [0.717, 1.165) is 5.56 Å². The van der Waals surface area contributed by atoms with E-state index in [4.69, 9.17) is 23.2 Å². The number of nitrogens with one attached hydrogen (secondary N) is 2. The quantitative estimate of drug-likeness (QED) is 0.728. The highest BCUT2D eigenvalue weighted by Gasteiger charge is 2.06. The van der Waals surface area contributed by atoms with Gasteiger partial charge in [0.25, 0.3) is 0 Å². The summed E-state index contributed by atoms with van der Waals surface area (Å²) in [5.41, 5.74) is 1.72. The van der Waals surface area contributed by atoms with E-state index in [1.165, 1.54) is 6.20 Å². The summed E-state index contributed by atoms with van der Waals surface area (Å²) in [4.78, 5) is 8.31. The third-order valence-electron chi connectivity index (χ3n) is 2.97. The van der Waals surface area contributed by atoms with E-state index in [0.29, 0.717) is 34.0 Å². The van der Waals surface area contributed by atoms with E-state index in [9.17, 15) is 0 Å². The lowest BCUT2D eigenvalue weighted by atomic mass is 10.3. The Labute approximate surface area is 142 Å². The Morgan fingerprint density at radius 3 is 2.70 bits per heavy atom. The number of nitrogens with zero attached hydrogens (tertiary/aromatic N) is 4. The van der Waals surface area contributed by atoms with Gasteiger partial charge in [-0.3, -0.25) is 4.98 Å². The lowest BCUT2D eigenvalue weighted by Crippen LogP contribution is -2.06. The Hall–Kier alpha value is -2.44. The van der Waals surface area contributed by atoms with Crippen LogP contribution in [-0.2, 0) is 6.54 Å². The molecule has 0 amide bonds. The molecule has 6 nitrogen and oxygen atoms in total. The van der Waals surface area contributed by atoms with E-state index in [1.807, 2.05) is 12.1 Å². The van der Waals surface area contributed by atoms with Crippen molar-refractivity contribution >= 4 is 40.7 Å². The van der Waals surface area contributed by atoms with Crippen molar-refractivity contribution in [3.63, 3.8) is 0 Å². The van der Waals surface area contributed by atoms with Gasteiger partial charge in [0.1, 0.15) is 0 Å². The summed E-state index contributed by atoms with van der Waals surface area (Å²) in [6.07, 6.45) is 4.97. The second-order valence-corrected chi connectivity index (χ2v) is 5.39. The third kappa shape index (κ3) is 4.06. The first kappa shape index (κ1) is 15.5. The van der Waals surface area contributed by atoms with Crippen molar-refractivity contribution in [1.29, 1.82) is 0 Å². The Balaban J connectivity index is 1.71. The molecule has 3 rings (SSSR count). The van der Waals surface area contributed by atoms with Gasteiger partial charge in [-0.1, -0.05) is 29.3 Å². The Bertz CT molecular complexity index is 797. The van der Waals surface area contributed by atoms with Gasteiger partial charge in [-0.05, 0) is 29.8 Å². The minimum Gasteiger partial charge on any atom is -0.349 e. The molecule has 0 saturated carbocycles. The molecule has 23 heavy (non-hydrogen) atoms. The second kappa shape index (κ2) is 7.21. The number of hydrogen-bond acceptors (Lipinski definition) is 6. The molecule has 116 valence electrons. The number of rotatable bonds is 5. The maximum atomic E-state index is 6.14. The van der Waals surface area contributed by atoms with Crippen LogP contribution in [0.3, 0.4) is 0 Å². The maximum Gasteiger partial charge on any atom is 0.244 e. The fourth-order valence-corrected chi connectivity index (χ4v) is 2.21. The molecule has 0 saturated heterocycles. The van der Waals surface area contributed by atoms with Gasteiger partial charge in [-0.25, -0.2) is 0 Å². The molecule has 2 N–H and O–H groups in total. The van der Waals surface area contributed by atoms with Crippen LogP contribution in [0.15, 0.2) is 48.9 Å². The molecule has 8 heteroatoms. The standard InChI is InChI=1S/C15H12Cl2N6/c16-11-2-1-3-12(14(11)17)21-13-9-20-23-15(22-13)19-8-10-4-6-18-7-5-10/h1-7,9H,8H2,(H2,19,21,22,23). The molecular formula is C15H12Cl2N6. The van der Waals surface area contributed by atoms with Crippen molar-refractivity contribution in [2.75, 3.05) is 10.6 Å². The molecule has 2 aromatic heterocycles. The number of pyridine rings is 1. The highest BCUT2D eigenvalue weighted by atomic mass is 35.5. The molecular weight excluding hydrogens is 335 g/mol. The van der Waals surface area contributed by atoms with Gasteiger partial charge in [0.15, 0.2) is 5.82 Å². The van der Waals surface area contributed by atoms with E-state index in [1.54, 1.807) is 30.6 Å². The van der Waals surface area contributed by atoms with Gasteiger partial charge < -0.3 is 10.6 Å². The summed E-state index contributed by atoms with van der Waals surface area (Å²) in [5.74, 6) is 0.923. The summed E-state index contributed by atoms with van der Waals surface area (Å²) in [5, 5.41) is 14.9. The monoisotopic (exact) mass is 346 g/mol. The number of halogens is 2. The van der Waals surface area contributed by atoms with Gasteiger partial charge in [0.2, 0.25) is 5.95 Å². The summed E-state index contributed by atoms with van der Waals surface area (Å²) < 4.78 is 0. The SMILES string of the molecule is Clc1cccc(Nc2cnnc(NCc3ccncc3)n2)c1Cl. The molecule has 0 aliphatic rings. The van der Waals surface area contributed by atoms with Crippen molar-refractivity contribution in [3.8, 4) is 0 Å². The number of benzene rings is 1. The van der Waals surface area contributed by atoms with E-state index < -0.39 is 0 Å². The molecule has 0 fully saturated rings. The minimum atomic E-state index is 0.407. The van der Waals surface area contributed by atoms with Crippen LogP contribution >= 0.6 is 23.2 Å². The van der Waals surface area contributed by atoms with Gasteiger partial charge >= 0.3 is 0 Å². The molecule has 2 heterocycles. The summed E-state index contributed by atoms with van der Waals surface area (Å²) in [6.45, 7) is 0.575. The van der Waals surface area contributed by atoms with Crippen LogP contribution in [-0.4, -0.2) is 20.2 Å². The summed E-state index contributed by atoms with van der Waals surface area (Å²) in [7, 11) is 0. The third-order valence-corrected chi connectivity index (χ3v) is 3.79. The average Bonchev–Trinajstić information content (AvgIpc) is 2.59. The van der Waals surface area contributed by atoms with Crippen LogP contribution in [0.2, 0.25) is 10.0 Å². The smallest absolute Gasteiger partial charge is 0.244 e. The number of anilines is 3. The molecule has 1 aromatic carbocycles. The fraction of sp³-hybridized carbons (Fsp3) is 0.0667. The van der Waals surface area contributed by atoms with Crippen molar-refractivity contribution in [2.45, 2.75) is 6.54 Å². The highest BCUT2D eigenvalue weighted by molar-refractivity contribution is 6.43. The first-order chi connectivity index (χ1) is 11.2. The van der Waals surface area contributed by atoms with Gasteiger partial charge in [0.05, 0.1) is 21.9 Å². The predicted octanol–water partition coefficient (Wildman–Crippen LogP) is 3.93. The lowest BCUT2D eigenvalue weighted by molar-refractivity contribution is 0.948. The zero-order valence-electron chi connectivity index (χ0n) is 11.9. The normalized spacial score (nSPS) is 10.3. The van der Waals surface area contributed by atoms with Crippen LogP contribution in [0.1, 0.15) is 5.56 Å². The van der Waals surface area contributed by atoms with Crippen molar-refractivity contribution in [2.24, 2.45) is 0 Å². The molecule has 0 atom stereocenters. The molecule has 0 aliphatic heterocycles. The highest BCUT2D eigenvalue weighted by Crippen LogP contribution is 2.31. The van der Waals surface area contributed by atoms with Crippen LogP contribution in [0.5, 0.6) is 0 Å². The maximum absolute atomic E-state index is 6.14. The predicted molar refractivity (Wildman–Crippen MR) is 91.1 cm³/mol. The van der Waals surface area contributed by atoms with Crippen molar-refractivity contribution in [1.82, 2.24) is 20.2 Å². The lowest BCUT2D eigenvalue weighted by Gasteiger charge is -2.09. The zero-order chi connectivity index (χ0) is 16.1. The fourth-order valence-electron chi connectivity index (χ4n) is 1.86. The molecule has 3 aromatic rings. The summed E-state index contributed by atoms with van der Waals surface area (Å²) in [6, 6.07) is 9.14. The topological polar surface area (TPSA) is 75.6 Å².